The molecule has 106 valence electrons. The Labute approximate surface area is 127 Å². The van der Waals surface area contributed by atoms with E-state index in [4.69, 9.17) is 0 Å². The van der Waals surface area contributed by atoms with E-state index in [-0.39, 0.29) is 11.9 Å². The van der Waals surface area contributed by atoms with Gasteiger partial charge in [-0.25, -0.2) is 0 Å². The summed E-state index contributed by atoms with van der Waals surface area (Å²) in [6.45, 7) is 3.93. The fourth-order valence-electron chi connectivity index (χ4n) is 2.10. The molecule has 1 unspecified atom stereocenters. The number of carbonyl (C=O) groups excluding carboxylic acids is 1. The van der Waals surface area contributed by atoms with Crippen molar-refractivity contribution >= 4 is 21.8 Å². The molecule has 1 aromatic carbocycles. The molecule has 5 heteroatoms. The van der Waals surface area contributed by atoms with Gasteiger partial charge in [-0.1, -0.05) is 34.1 Å². The van der Waals surface area contributed by atoms with Crippen molar-refractivity contribution in [3.8, 4) is 0 Å². The van der Waals surface area contributed by atoms with E-state index in [0.29, 0.717) is 6.42 Å². The number of hydrogen-bond donors (Lipinski definition) is 2. The van der Waals surface area contributed by atoms with Crippen molar-refractivity contribution < 1.29 is 4.79 Å². The summed E-state index contributed by atoms with van der Waals surface area (Å²) in [6, 6.07) is 10.0. The molecule has 0 aliphatic carbocycles. The highest BCUT2D eigenvalue weighted by Gasteiger charge is 2.11. The van der Waals surface area contributed by atoms with Crippen molar-refractivity contribution in [2.45, 2.75) is 32.7 Å². The SMILES string of the molecule is Cc1cc(CC(=O)NC(C)Cc2ccccc2Br)n[nH]1. The highest BCUT2D eigenvalue weighted by molar-refractivity contribution is 9.10. The normalized spacial score (nSPS) is 12.2. The number of nitrogens with one attached hydrogen (secondary N) is 2. The lowest BCUT2D eigenvalue weighted by Crippen LogP contribution is -2.35. The van der Waals surface area contributed by atoms with E-state index in [9.17, 15) is 4.79 Å². The van der Waals surface area contributed by atoms with Crippen LogP contribution in [0.1, 0.15) is 23.9 Å². The number of amides is 1. The molecule has 2 rings (SSSR count). The second kappa shape index (κ2) is 6.70. The second-order valence-corrected chi connectivity index (χ2v) is 5.84. The van der Waals surface area contributed by atoms with Gasteiger partial charge in [-0.05, 0) is 38.0 Å². The lowest BCUT2D eigenvalue weighted by atomic mass is 10.1. The molecule has 1 amide bonds. The van der Waals surface area contributed by atoms with Gasteiger partial charge in [0, 0.05) is 16.2 Å². The van der Waals surface area contributed by atoms with Crippen LogP contribution in [0.4, 0.5) is 0 Å². The largest absolute Gasteiger partial charge is 0.353 e. The maximum absolute atomic E-state index is 11.9. The predicted octanol–water partition coefficient (Wildman–Crippen LogP) is 2.77. The Morgan fingerprint density at radius 2 is 2.20 bits per heavy atom. The molecular formula is C15H18BrN3O. The van der Waals surface area contributed by atoms with E-state index in [1.807, 2.05) is 38.1 Å². The maximum atomic E-state index is 11.9. The molecular weight excluding hydrogens is 318 g/mol. The molecule has 1 heterocycles. The number of rotatable bonds is 5. The molecule has 0 saturated heterocycles. The predicted molar refractivity (Wildman–Crippen MR) is 82.5 cm³/mol. The van der Waals surface area contributed by atoms with Crippen LogP contribution in [0.3, 0.4) is 0 Å². The molecule has 1 aromatic heterocycles. The summed E-state index contributed by atoms with van der Waals surface area (Å²) >= 11 is 3.52. The van der Waals surface area contributed by atoms with E-state index in [2.05, 4.69) is 37.5 Å². The van der Waals surface area contributed by atoms with Crippen LogP contribution in [0.25, 0.3) is 0 Å². The molecule has 4 nitrogen and oxygen atoms in total. The fraction of sp³-hybridized carbons (Fsp3) is 0.333. The van der Waals surface area contributed by atoms with Gasteiger partial charge in [-0.3, -0.25) is 9.89 Å². The number of aryl methyl sites for hydroxylation is 1. The third-order valence-corrected chi connectivity index (χ3v) is 3.77. The van der Waals surface area contributed by atoms with Gasteiger partial charge in [0.15, 0.2) is 0 Å². The van der Waals surface area contributed by atoms with Gasteiger partial charge in [-0.15, -0.1) is 0 Å². The quantitative estimate of drug-likeness (QED) is 0.882. The average molecular weight is 336 g/mol. The smallest absolute Gasteiger partial charge is 0.226 e. The number of halogens is 1. The Morgan fingerprint density at radius 3 is 2.85 bits per heavy atom. The van der Waals surface area contributed by atoms with Crippen molar-refractivity contribution in [3.05, 3.63) is 51.8 Å². The Hall–Kier alpha value is -1.62. The number of carbonyl (C=O) groups is 1. The molecule has 2 aromatic rings. The van der Waals surface area contributed by atoms with E-state index in [1.54, 1.807) is 0 Å². The first-order valence-electron chi connectivity index (χ1n) is 6.58. The minimum Gasteiger partial charge on any atom is -0.353 e. The monoisotopic (exact) mass is 335 g/mol. The zero-order chi connectivity index (χ0) is 14.5. The highest BCUT2D eigenvalue weighted by Crippen LogP contribution is 2.17. The third kappa shape index (κ3) is 4.20. The summed E-state index contributed by atoms with van der Waals surface area (Å²) in [5, 5.41) is 9.91. The van der Waals surface area contributed by atoms with Crippen molar-refractivity contribution in [3.63, 3.8) is 0 Å². The topological polar surface area (TPSA) is 57.8 Å². The molecule has 20 heavy (non-hydrogen) atoms. The van der Waals surface area contributed by atoms with Crippen LogP contribution in [0.15, 0.2) is 34.8 Å². The number of benzene rings is 1. The van der Waals surface area contributed by atoms with Crippen LogP contribution in [-0.4, -0.2) is 22.1 Å². The summed E-state index contributed by atoms with van der Waals surface area (Å²) in [7, 11) is 0. The number of hydrogen-bond acceptors (Lipinski definition) is 2. The zero-order valence-corrected chi connectivity index (χ0v) is 13.2. The van der Waals surface area contributed by atoms with E-state index in [1.165, 1.54) is 5.56 Å². The molecule has 0 spiro atoms. The minimum atomic E-state index is -0.00365. The van der Waals surface area contributed by atoms with Gasteiger partial charge in [0.05, 0.1) is 12.1 Å². The summed E-state index contributed by atoms with van der Waals surface area (Å²) in [5.74, 6) is -0.00365. The Morgan fingerprint density at radius 1 is 1.45 bits per heavy atom. The second-order valence-electron chi connectivity index (χ2n) is 4.98. The lowest BCUT2D eigenvalue weighted by Gasteiger charge is -2.14. The number of aromatic amines is 1. The molecule has 1 atom stereocenters. The molecule has 0 fully saturated rings. The van der Waals surface area contributed by atoms with Crippen LogP contribution in [0.2, 0.25) is 0 Å². The van der Waals surface area contributed by atoms with Gasteiger partial charge in [-0.2, -0.15) is 5.10 Å². The number of H-pyrrole nitrogens is 1. The van der Waals surface area contributed by atoms with Crippen LogP contribution < -0.4 is 5.32 Å². The van der Waals surface area contributed by atoms with Crippen LogP contribution in [0.5, 0.6) is 0 Å². The Kier molecular flexibility index (Phi) is 4.95. The number of aromatic nitrogens is 2. The van der Waals surface area contributed by atoms with Gasteiger partial charge in [0.25, 0.3) is 0 Å². The Bertz CT molecular complexity index is 594. The van der Waals surface area contributed by atoms with Crippen LogP contribution >= 0.6 is 15.9 Å². The van der Waals surface area contributed by atoms with E-state index in [0.717, 1.165) is 22.3 Å². The van der Waals surface area contributed by atoms with E-state index >= 15 is 0 Å². The van der Waals surface area contributed by atoms with Crippen molar-refractivity contribution in [2.24, 2.45) is 0 Å². The van der Waals surface area contributed by atoms with Crippen LogP contribution in [0, 0.1) is 6.92 Å². The molecule has 0 saturated carbocycles. The van der Waals surface area contributed by atoms with Crippen molar-refractivity contribution in [1.29, 1.82) is 0 Å². The zero-order valence-electron chi connectivity index (χ0n) is 11.6. The average Bonchev–Trinajstić information content (AvgIpc) is 2.77. The van der Waals surface area contributed by atoms with Crippen molar-refractivity contribution in [2.75, 3.05) is 0 Å². The van der Waals surface area contributed by atoms with Gasteiger partial charge >= 0.3 is 0 Å². The fourth-order valence-corrected chi connectivity index (χ4v) is 2.55. The first-order chi connectivity index (χ1) is 9.54. The first-order valence-corrected chi connectivity index (χ1v) is 7.37. The summed E-state index contributed by atoms with van der Waals surface area (Å²) < 4.78 is 1.07. The highest BCUT2D eigenvalue weighted by atomic mass is 79.9. The van der Waals surface area contributed by atoms with Gasteiger partial charge in [0.2, 0.25) is 5.91 Å². The van der Waals surface area contributed by atoms with Crippen molar-refractivity contribution in [1.82, 2.24) is 15.5 Å². The van der Waals surface area contributed by atoms with Gasteiger partial charge < -0.3 is 5.32 Å². The molecule has 0 radical (unpaired) electrons. The Balaban J connectivity index is 1.86. The summed E-state index contributed by atoms with van der Waals surface area (Å²) in [5.41, 5.74) is 2.93. The molecule has 0 bridgehead atoms. The third-order valence-electron chi connectivity index (χ3n) is 2.99. The maximum Gasteiger partial charge on any atom is 0.226 e. The van der Waals surface area contributed by atoms with E-state index < -0.39 is 0 Å². The molecule has 0 aliphatic rings. The molecule has 2 N–H and O–H groups in total. The lowest BCUT2D eigenvalue weighted by molar-refractivity contribution is -0.121. The first kappa shape index (κ1) is 14.8. The van der Waals surface area contributed by atoms with Gasteiger partial charge in [0.1, 0.15) is 0 Å². The number of nitrogens with zero attached hydrogens (tertiary/aromatic N) is 1. The van der Waals surface area contributed by atoms with Crippen LogP contribution in [-0.2, 0) is 17.6 Å². The molecule has 0 aliphatic heterocycles. The summed E-state index contributed by atoms with van der Waals surface area (Å²) in [4.78, 5) is 11.9. The standard InChI is InChI=1S/C15H18BrN3O/c1-10(7-12-5-3-4-6-14(12)16)17-15(20)9-13-8-11(2)18-19-13/h3-6,8,10H,7,9H2,1-2H3,(H,17,20)(H,18,19). The minimum absolute atomic E-state index is 0.00365. The summed E-state index contributed by atoms with van der Waals surface area (Å²) in [6.07, 6.45) is 1.11.